The summed E-state index contributed by atoms with van der Waals surface area (Å²) in [5.41, 5.74) is 2.06. The number of furan rings is 1. The third-order valence-electron chi connectivity index (χ3n) is 4.42. The van der Waals surface area contributed by atoms with E-state index < -0.39 is 10.0 Å². The van der Waals surface area contributed by atoms with Gasteiger partial charge in [-0.05, 0) is 42.8 Å². The molecule has 6 nitrogen and oxygen atoms in total. The molecule has 0 aliphatic carbocycles. The lowest BCUT2D eigenvalue weighted by Gasteiger charge is -2.21. The zero-order chi connectivity index (χ0) is 20.3. The van der Waals surface area contributed by atoms with Gasteiger partial charge in [0, 0.05) is 24.2 Å². The fraction of sp³-hybridized carbons (Fsp3) is 0.190. The van der Waals surface area contributed by atoms with Crippen molar-refractivity contribution in [1.29, 1.82) is 0 Å². The second kappa shape index (κ2) is 7.90. The first-order valence-corrected chi connectivity index (χ1v) is 10.6. The van der Waals surface area contributed by atoms with Gasteiger partial charge in [-0.3, -0.25) is 9.52 Å². The van der Waals surface area contributed by atoms with Crippen molar-refractivity contribution in [1.82, 2.24) is 4.90 Å². The summed E-state index contributed by atoms with van der Waals surface area (Å²) >= 11 is 0. The molecule has 0 fully saturated rings. The van der Waals surface area contributed by atoms with Crippen LogP contribution in [-0.4, -0.2) is 32.5 Å². The highest BCUT2D eigenvalue weighted by molar-refractivity contribution is 7.92. The van der Waals surface area contributed by atoms with Crippen molar-refractivity contribution in [2.75, 3.05) is 18.0 Å². The van der Waals surface area contributed by atoms with Crippen molar-refractivity contribution in [3.63, 3.8) is 0 Å². The number of likely N-dealkylation sites (N-methyl/N-ethyl adjacent to an activating group) is 1. The van der Waals surface area contributed by atoms with Gasteiger partial charge in [0.1, 0.15) is 11.3 Å². The van der Waals surface area contributed by atoms with Gasteiger partial charge in [0.05, 0.1) is 12.3 Å². The first-order chi connectivity index (χ1) is 13.2. The quantitative estimate of drug-likeness (QED) is 0.636. The van der Waals surface area contributed by atoms with Crippen molar-refractivity contribution in [2.24, 2.45) is 0 Å². The molecule has 1 N–H and O–H groups in total. The molecule has 2 aromatic carbocycles. The Bertz CT molecular complexity index is 1080. The van der Waals surface area contributed by atoms with Crippen LogP contribution in [0.2, 0.25) is 0 Å². The Morgan fingerprint density at radius 1 is 1.14 bits per heavy atom. The first-order valence-electron chi connectivity index (χ1n) is 8.74. The number of anilines is 1. The molecule has 3 aromatic rings. The lowest BCUT2D eigenvalue weighted by molar-refractivity contribution is -0.126. The Morgan fingerprint density at radius 3 is 2.46 bits per heavy atom. The molecule has 0 aliphatic heterocycles. The van der Waals surface area contributed by atoms with Gasteiger partial charge in [0.2, 0.25) is 15.9 Å². The zero-order valence-electron chi connectivity index (χ0n) is 15.9. The van der Waals surface area contributed by atoms with Crippen LogP contribution >= 0.6 is 0 Å². The number of nitrogens with zero attached hydrogens (tertiary/aromatic N) is 1. The number of carbonyl (C=O) groups is 1. The number of amides is 1. The maximum absolute atomic E-state index is 12.5. The molecular formula is C21H22N2O4S. The molecule has 1 amide bonds. The monoisotopic (exact) mass is 398 g/mol. The van der Waals surface area contributed by atoms with Gasteiger partial charge in [-0.2, -0.15) is 0 Å². The van der Waals surface area contributed by atoms with Crippen molar-refractivity contribution in [3.05, 3.63) is 72.0 Å². The van der Waals surface area contributed by atoms with E-state index in [2.05, 4.69) is 4.72 Å². The molecule has 0 radical (unpaired) electrons. The third-order valence-corrected chi connectivity index (χ3v) is 5.02. The number of fused-ring (bicyclic) bond motifs is 1. The highest BCUT2D eigenvalue weighted by Crippen LogP contribution is 2.26. The van der Waals surface area contributed by atoms with Gasteiger partial charge in [-0.25, -0.2) is 8.42 Å². The summed E-state index contributed by atoms with van der Waals surface area (Å²) in [5, 5.41) is 1.00. The second-order valence-corrected chi connectivity index (χ2v) is 8.39. The Morgan fingerprint density at radius 2 is 1.82 bits per heavy atom. The summed E-state index contributed by atoms with van der Waals surface area (Å²) in [6, 6.07) is 16.2. The fourth-order valence-electron chi connectivity index (χ4n) is 2.75. The minimum atomic E-state index is -3.31. The lowest BCUT2D eigenvalue weighted by atomic mass is 10.1. The predicted molar refractivity (Wildman–Crippen MR) is 111 cm³/mol. The highest BCUT2D eigenvalue weighted by Gasteiger charge is 2.19. The number of nitrogens with one attached hydrogen (secondary N) is 1. The molecule has 7 heteroatoms. The van der Waals surface area contributed by atoms with Gasteiger partial charge in [0.25, 0.3) is 0 Å². The largest absolute Gasteiger partial charge is 0.459 e. The average Bonchev–Trinajstić information content (AvgIpc) is 3.09. The summed E-state index contributed by atoms with van der Waals surface area (Å²) in [7, 11) is -1.58. The van der Waals surface area contributed by atoms with E-state index in [0.717, 1.165) is 28.5 Å². The smallest absolute Gasteiger partial charge is 0.246 e. The predicted octanol–water partition coefficient (Wildman–Crippen LogP) is 4.04. The van der Waals surface area contributed by atoms with E-state index in [4.69, 9.17) is 4.42 Å². The van der Waals surface area contributed by atoms with Crippen LogP contribution in [0, 0.1) is 0 Å². The standard InChI is InChI=1S/C21H22N2O4S/c1-15(20-14-17-6-4-5-7-19(17)27-20)23(2)21(24)13-10-16-8-11-18(12-9-16)22-28(3,25)26/h4-15,22H,1-3H3/b13-10+. The Kier molecular flexibility index (Phi) is 5.56. The number of para-hydroxylation sites is 1. The molecule has 0 saturated carbocycles. The number of hydrogen-bond donors (Lipinski definition) is 1. The van der Waals surface area contributed by atoms with Crippen LogP contribution in [0.5, 0.6) is 0 Å². The molecule has 28 heavy (non-hydrogen) atoms. The van der Waals surface area contributed by atoms with E-state index in [9.17, 15) is 13.2 Å². The molecule has 1 unspecified atom stereocenters. The maximum Gasteiger partial charge on any atom is 0.246 e. The summed E-state index contributed by atoms with van der Waals surface area (Å²) in [5.74, 6) is 0.563. The van der Waals surface area contributed by atoms with Gasteiger partial charge < -0.3 is 9.32 Å². The van der Waals surface area contributed by atoms with Crippen molar-refractivity contribution < 1.29 is 17.6 Å². The summed E-state index contributed by atoms with van der Waals surface area (Å²) in [4.78, 5) is 14.1. The molecule has 1 heterocycles. The second-order valence-electron chi connectivity index (χ2n) is 6.64. The first kappa shape index (κ1) is 19.7. The number of rotatable bonds is 6. The minimum Gasteiger partial charge on any atom is -0.459 e. The minimum absolute atomic E-state index is 0.161. The molecule has 0 saturated heterocycles. The van der Waals surface area contributed by atoms with Crippen LogP contribution < -0.4 is 4.72 Å². The Hall–Kier alpha value is -3.06. The Labute approximate surface area is 164 Å². The fourth-order valence-corrected chi connectivity index (χ4v) is 3.32. The van der Waals surface area contributed by atoms with Crippen LogP contribution in [0.15, 0.2) is 65.1 Å². The summed E-state index contributed by atoms with van der Waals surface area (Å²) < 4.78 is 30.7. The zero-order valence-corrected chi connectivity index (χ0v) is 16.7. The van der Waals surface area contributed by atoms with Crippen molar-refractivity contribution >= 4 is 38.7 Å². The average molecular weight is 398 g/mol. The molecule has 0 bridgehead atoms. The molecular weight excluding hydrogens is 376 g/mol. The highest BCUT2D eigenvalue weighted by atomic mass is 32.2. The summed E-state index contributed by atoms with van der Waals surface area (Å²) in [6.45, 7) is 1.91. The van der Waals surface area contributed by atoms with E-state index in [1.807, 2.05) is 37.3 Å². The molecule has 146 valence electrons. The molecule has 1 aromatic heterocycles. The molecule has 0 aliphatic rings. The van der Waals surface area contributed by atoms with E-state index in [1.54, 1.807) is 42.3 Å². The van der Waals surface area contributed by atoms with Crippen molar-refractivity contribution in [3.8, 4) is 0 Å². The topological polar surface area (TPSA) is 79.6 Å². The molecule has 0 spiro atoms. The number of sulfonamides is 1. The van der Waals surface area contributed by atoms with Crippen LogP contribution in [-0.2, 0) is 14.8 Å². The number of hydrogen-bond acceptors (Lipinski definition) is 4. The number of carbonyl (C=O) groups excluding carboxylic acids is 1. The van der Waals surface area contributed by atoms with Gasteiger partial charge >= 0.3 is 0 Å². The van der Waals surface area contributed by atoms with E-state index >= 15 is 0 Å². The SMILES string of the molecule is CC(c1cc2ccccc2o1)N(C)C(=O)/C=C/c1ccc(NS(C)(=O)=O)cc1. The molecule has 1 atom stereocenters. The number of benzene rings is 2. The lowest BCUT2D eigenvalue weighted by Crippen LogP contribution is -2.27. The third kappa shape index (κ3) is 4.80. The molecule has 3 rings (SSSR count). The van der Waals surface area contributed by atoms with Gasteiger partial charge in [0.15, 0.2) is 0 Å². The summed E-state index contributed by atoms with van der Waals surface area (Å²) in [6.07, 6.45) is 4.27. The van der Waals surface area contributed by atoms with Crippen LogP contribution in [0.3, 0.4) is 0 Å². The van der Waals surface area contributed by atoms with Crippen molar-refractivity contribution in [2.45, 2.75) is 13.0 Å². The van der Waals surface area contributed by atoms with Gasteiger partial charge in [-0.1, -0.05) is 30.3 Å². The van der Waals surface area contributed by atoms with E-state index in [0.29, 0.717) is 5.69 Å². The van der Waals surface area contributed by atoms with Crippen LogP contribution in [0.4, 0.5) is 5.69 Å². The van der Waals surface area contributed by atoms with Crippen LogP contribution in [0.25, 0.3) is 17.0 Å². The van der Waals surface area contributed by atoms with E-state index in [1.165, 1.54) is 6.08 Å². The normalized spacial score (nSPS) is 13.0. The maximum atomic E-state index is 12.5. The van der Waals surface area contributed by atoms with Crippen LogP contribution in [0.1, 0.15) is 24.3 Å². The Balaban J connectivity index is 1.67. The van der Waals surface area contributed by atoms with Gasteiger partial charge in [-0.15, -0.1) is 0 Å². The van der Waals surface area contributed by atoms with E-state index in [-0.39, 0.29) is 11.9 Å².